The highest BCUT2D eigenvalue weighted by Crippen LogP contribution is 2.28. The largest absolute Gasteiger partial charge is 0.497 e. The number of anilines is 2. The van der Waals surface area contributed by atoms with Crippen LogP contribution in [0.4, 0.5) is 11.4 Å². The smallest absolute Gasteiger partial charge is 0.255 e. The van der Waals surface area contributed by atoms with Crippen molar-refractivity contribution < 1.29 is 19.0 Å². The highest BCUT2D eigenvalue weighted by atomic mass is 16.5. The molecule has 0 aliphatic heterocycles. The van der Waals surface area contributed by atoms with Gasteiger partial charge in [0.1, 0.15) is 5.75 Å². The van der Waals surface area contributed by atoms with Gasteiger partial charge < -0.3 is 24.8 Å². The lowest BCUT2D eigenvalue weighted by Crippen LogP contribution is -2.11. The molecule has 0 atom stereocenters. The van der Waals surface area contributed by atoms with Crippen LogP contribution in [0.1, 0.15) is 15.9 Å². The molecule has 0 aliphatic carbocycles. The maximum absolute atomic E-state index is 12.4. The summed E-state index contributed by atoms with van der Waals surface area (Å²) in [5, 5.41) is 6.24. The number of hydrogen-bond acceptors (Lipinski definition) is 5. The molecular weight excluding hydrogens is 368 g/mol. The van der Waals surface area contributed by atoms with Crippen molar-refractivity contribution >= 4 is 17.3 Å². The molecule has 3 aromatic carbocycles. The van der Waals surface area contributed by atoms with Crippen LogP contribution in [0, 0.1) is 0 Å². The Bertz CT molecular complexity index is 971. The Morgan fingerprint density at radius 1 is 0.793 bits per heavy atom. The normalized spacial score (nSPS) is 10.2. The fourth-order valence-electron chi connectivity index (χ4n) is 2.83. The summed E-state index contributed by atoms with van der Waals surface area (Å²) < 4.78 is 15.7. The van der Waals surface area contributed by atoms with E-state index in [1.165, 1.54) is 0 Å². The van der Waals surface area contributed by atoms with Crippen LogP contribution < -0.4 is 24.8 Å². The van der Waals surface area contributed by atoms with Gasteiger partial charge in [-0.25, -0.2) is 0 Å². The number of ether oxygens (including phenoxy) is 3. The summed E-state index contributed by atoms with van der Waals surface area (Å²) in [6.07, 6.45) is 0. The average Bonchev–Trinajstić information content (AvgIpc) is 2.78. The summed E-state index contributed by atoms with van der Waals surface area (Å²) in [6.45, 7) is 0.635. The van der Waals surface area contributed by atoms with Crippen LogP contribution in [0.15, 0.2) is 66.7 Å². The first kappa shape index (κ1) is 20.1. The molecule has 150 valence electrons. The number of hydrogen-bond donors (Lipinski definition) is 2. The van der Waals surface area contributed by atoms with Crippen molar-refractivity contribution in [1.82, 2.24) is 0 Å². The van der Waals surface area contributed by atoms with Crippen LogP contribution in [-0.2, 0) is 6.54 Å². The molecule has 0 spiro atoms. The van der Waals surface area contributed by atoms with Crippen molar-refractivity contribution in [3.05, 3.63) is 77.9 Å². The van der Waals surface area contributed by atoms with Crippen molar-refractivity contribution in [2.45, 2.75) is 6.54 Å². The molecule has 0 saturated carbocycles. The lowest BCUT2D eigenvalue weighted by Gasteiger charge is -2.12. The minimum atomic E-state index is -0.185. The van der Waals surface area contributed by atoms with Crippen molar-refractivity contribution in [2.24, 2.45) is 0 Å². The van der Waals surface area contributed by atoms with Crippen molar-refractivity contribution in [3.8, 4) is 17.2 Å². The highest BCUT2D eigenvalue weighted by molar-refractivity contribution is 6.04. The summed E-state index contributed by atoms with van der Waals surface area (Å²) in [6, 6.07) is 20.4. The Balaban J connectivity index is 1.59. The van der Waals surface area contributed by atoms with Gasteiger partial charge in [-0.15, -0.1) is 0 Å². The molecule has 1 amide bonds. The molecule has 0 heterocycles. The second-order valence-electron chi connectivity index (χ2n) is 6.31. The molecule has 0 aliphatic rings. The fraction of sp³-hybridized carbons (Fsp3) is 0.174. The first-order valence-corrected chi connectivity index (χ1v) is 9.13. The Morgan fingerprint density at radius 2 is 1.52 bits per heavy atom. The van der Waals surface area contributed by atoms with E-state index in [0.717, 1.165) is 16.9 Å². The SMILES string of the molecule is COc1cccc(C(=O)Nc2ccc(NCc3ccc(OC)c(OC)c3)cc2)c1. The quantitative estimate of drug-likeness (QED) is 0.587. The van der Waals surface area contributed by atoms with E-state index < -0.39 is 0 Å². The van der Waals surface area contributed by atoms with Crippen LogP contribution >= 0.6 is 0 Å². The maximum Gasteiger partial charge on any atom is 0.255 e. The van der Waals surface area contributed by atoms with Gasteiger partial charge >= 0.3 is 0 Å². The minimum Gasteiger partial charge on any atom is -0.497 e. The molecule has 6 heteroatoms. The molecular formula is C23H24N2O4. The van der Waals surface area contributed by atoms with Gasteiger partial charge in [-0.3, -0.25) is 4.79 Å². The molecule has 3 aromatic rings. The number of nitrogens with one attached hydrogen (secondary N) is 2. The molecule has 6 nitrogen and oxygen atoms in total. The third-order valence-corrected chi connectivity index (χ3v) is 4.42. The zero-order chi connectivity index (χ0) is 20.6. The number of rotatable bonds is 8. The van der Waals surface area contributed by atoms with Crippen LogP contribution in [0.2, 0.25) is 0 Å². The zero-order valence-corrected chi connectivity index (χ0v) is 16.7. The van der Waals surface area contributed by atoms with Gasteiger partial charge in [0.25, 0.3) is 5.91 Å². The summed E-state index contributed by atoms with van der Waals surface area (Å²) >= 11 is 0. The summed E-state index contributed by atoms with van der Waals surface area (Å²) in [4.78, 5) is 12.4. The Kier molecular flexibility index (Phi) is 6.58. The van der Waals surface area contributed by atoms with E-state index in [-0.39, 0.29) is 5.91 Å². The highest BCUT2D eigenvalue weighted by Gasteiger charge is 2.08. The van der Waals surface area contributed by atoms with Gasteiger partial charge in [0.15, 0.2) is 11.5 Å². The maximum atomic E-state index is 12.4. The summed E-state index contributed by atoms with van der Waals surface area (Å²) in [5.41, 5.74) is 3.27. The molecule has 0 radical (unpaired) electrons. The van der Waals surface area contributed by atoms with E-state index in [2.05, 4.69) is 10.6 Å². The molecule has 0 saturated heterocycles. The summed E-state index contributed by atoms with van der Waals surface area (Å²) in [7, 11) is 4.81. The van der Waals surface area contributed by atoms with E-state index >= 15 is 0 Å². The predicted molar refractivity (Wildman–Crippen MR) is 114 cm³/mol. The van der Waals surface area contributed by atoms with Crippen LogP contribution in [0.25, 0.3) is 0 Å². The van der Waals surface area contributed by atoms with Crippen LogP contribution in [0.5, 0.6) is 17.2 Å². The standard InChI is InChI=1S/C23H24N2O4/c1-27-20-6-4-5-17(14-20)23(26)25-19-10-8-18(9-11-19)24-15-16-7-12-21(28-2)22(13-16)29-3/h4-14,24H,15H2,1-3H3,(H,25,26). The lowest BCUT2D eigenvalue weighted by molar-refractivity contribution is 0.102. The molecule has 0 bridgehead atoms. The number of carbonyl (C=O) groups is 1. The average molecular weight is 392 g/mol. The van der Waals surface area contributed by atoms with Crippen molar-refractivity contribution in [3.63, 3.8) is 0 Å². The number of methoxy groups -OCH3 is 3. The van der Waals surface area contributed by atoms with Gasteiger partial charge in [-0.05, 0) is 60.2 Å². The molecule has 2 N–H and O–H groups in total. The second-order valence-corrected chi connectivity index (χ2v) is 6.31. The summed E-state index contributed by atoms with van der Waals surface area (Å²) in [5.74, 6) is 1.86. The van der Waals surface area contributed by atoms with Crippen LogP contribution in [-0.4, -0.2) is 27.2 Å². The van der Waals surface area contributed by atoms with Crippen LogP contribution in [0.3, 0.4) is 0 Å². The number of amides is 1. The van der Waals surface area contributed by atoms with Gasteiger partial charge in [-0.2, -0.15) is 0 Å². The Hall–Kier alpha value is -3.67. The monoisotopic (exact) mass is 392 g/mol. The van der Waals surface area contributed by atoms with E-state index in [0.29, 0.717) is 29.4 Å². The molecule has 0 aromatic heterocycles. The number of carbonyl (C=O) groups excluding carboxylic acids is 1. The molecule has 0 unspecified atom stereocenters. The second kappa shape index (κ2) is 9.50. The predicted octanol–water partition coefficient (Wildman–Crippen LogP) is 4.58. The van der Waals surface area contributed by atoms with Crippen molar-refractivity contribution in [2.75, 3.05) is 32.0 Å². The van der Waals surface area contributed by atoms with E-state index in [9.17, 15) is 4.79 Å². The minimum absolute atomic E-state index is 0.185. The van der Waals surface area contributed by atoms with E-state index in [4.69, 9.17) is 14.2 Å². The Labute approximate surface area is 170 Å². The van der Waals surface area contributed by atoms with Gasteiger partial charge in [-0.1, -0.05) is 12.1 Å². The first-order valence-electron chi connectivity index (χ1n) is 9.13. The lowest BCUT2D eigenvalue weighted by atomic mass is 10.2. The topological polar surface area (TPSA) is 68.8 Å². The first-order chi connectivity index (χ1) is 14.1. The van der Waals surface area contributed by atoms with Gasteiger partial charge in [0, 0.05) is 23.5 Å². The van der Waals surface area contributed by atoms with E-state index in [1.807, 2.05) is 42.5 Å². The van der Waals surface area contributed by atoms with Gasteiger partial charge in [0.2, 0.25) is 0 Å². The third kappa shape index (κ3) is 5.19. The molecule has 0 fully saturated rings. The van der Waals surface area contributed by atoms with E-state index in [1.54, 1.807) is 45.6 Å². The van der Waals surface area contributed by atoms with Gasteiger partial charge in [0.05, 0.1) is 21.3 Å². The molecule has 29 heavy (non-hydrogen) atoms. The Morgan fingerprint density at radius 3 is 2.21 bits per heavy atom. The fourth-order valence-corrected chi connectivity index (χ4v) is 2.83. The third-order valence-electron chi connectivity index (χ3n) is 4.42. The molecule has 3 rings (SSSR count). The number of benzene rings is 3. The van der Waals surface area contributed by atoms with Crippen molar-refractivity contribution in [1.29, 1.82) is 0 Å². The zero-order valence-electron chi connectivity index (χ0n) is 16.7.